The van der Waals surface area contributed by atoms with E-state index in [0.29, 0.717) is 80.6 Å². The molecular weight excluding hydrogens is 570 g/mol. The number of halogens is 1. The maximum absolute atomic E-state index is 13.5. The normalized spacial score (nSPS) is 20.8. The summed E-state index contributed by atoms with van der Waals surface area (Å²) in [5.41, 5.74) is 1.95. The SMILES string of the molecule is O=C1N[C@@H](Cc2ccccc2)C(=O)NCCCN(C(=O)[C@@H]2CCCNC2)Cc2cn(nn2)CCCOc2ccc1cc2Cl. The van der Waals surface area contributed by atoms with Crippen molar-refractivity contribution in [2.24, 2.45) is 5.92 Å². The molecule has 43 heavy (non-hydrogen) atoms. The minimum absolute atomic E-state index is 0.0792. The van der Waals surface area contributed by atoms with Crippen molar-refractivity contribution in [3.8, 4) is 5.75 Å². The van der Waals surface area contributed by atoms with E-state index in [0.717, 1.165) is 24.9 Å². The smallest absolute Gasteiger partial charge is 0.251 e. The molecule has 3 amide bonds. The van der Waals surface area contributed by atoms with Gasteiger partial charge in [-0.25, -0.2) is 0 Å². The van der Waals surface area contributed by atoms with Crippen LogP contribution in [0.5, 0.6) is 5.75 Å². The number of benzene rings is 2. The number of aryl methyl sites for hydroxylation is 1. The Morgan fingerprint density at radius 3 is 2.70 bits per heavy atom. The monoisotopic (exact) mass is 607 g/mol. The first kappa shape index (κ1) is 30.5. The van der Waals surface area contributed by atoms with Crippen LogP contribution in [0.4, 0.5) is 0 Å². The van der Waals surface area contributed by atoms with Gasteiger partial charge < -0.3 is 25.6 Å². The third-order valence-corrected chi connectivity index (χ3v) is 7.98. The summed E-state index contributed by atoms with van der Waals surface area (Å²) in [6.45, 7) is 3.69. The molecule has 228 valence electrons. The second-order valence-corrected chi connectivity index (χ2v) is 11.4. The highest BCUT2D eigenvalue weighted by Crippen LogP contribution is 2.26. The third-order valence-electron chi connectivity index (χ3n) is 7.69. The number of nitrogens with zero attached hydrogens (tertiary/aromatic N) is 4. The summed E-state index contributed by atoms with van der Waals surface area (Å²) in [4.78, 5) is 41.9. The average molecular weight is 608 g/mol. The van der Waals surface area contributed by atoms with Gasteiger partial charge in [0.1, 0.15) is 17.5 Å². The van der Waals surface area contributed by atoms with Gasteiger partial charge in [0, 0.05) is 44.6 Å². The lowest BCUT2D eigenvalue weighted by Crippen LogP contribution is -2.48. The van der Waals surface area contributed by atoms with Gasteiger partial charge in [-0.15, -0.1) is 5.10 Å². The predicted molar refractivity (Wildman–Crippen MR) is 162 cm³/mol. The van der Waals surface area contributed by atoms with Crippen LogP contribution in [0, 0.1) is 5.92 Å². The summed E-state index contributed by atoms with van der Waals surface area (Å²) in [6.07, 6.45) is 5.19. The molecule has 1 saturated heterocycles. The molecule has 2 aromatic carbocycles. The average Bonchev–Trinajstić information content (AvgIpc) is 3.48. The molecule has 4 bridgehead atoms. The molecule has 0 unspecified atom stereocenters. The molecule has 3 aliphatic heterocycles. The van der Waals surface area contributed by atoms with Crippen LogP contribution in [-0.2, 0) is 29.1 Å². The van der Waals surface area contributed by atoms with Crippen molar-refractivity contribution in [1.82, 2.24) is 35.8 Å². The summed E-state index contributed by atoms with van der Waals surface area (Å²) in [6, 6.07) is 13.6. The van der Waals surface area contributed by atoms with Crippen molar-refractivity contribution in [2.45, 2.75) is 51.2 Å². The van der Waals surface area contributed by atoms with Gasteiger partial charge in [0.25, 0.3) is 5.91 Å². The number of carbonyl (C=O) groups is 3. The first-order chi connectivity index (χ1) is 21.0. The van der Waals surface area contributed by atoms with Gasteiger partial charge in [-0.05, 0) is 49.6 Å². The summed E-state index contributed by atoms with van der Waals surface area (Å²) < 4.78 is 7.60. The zero-order valence-corrected chi connectivity index (χ0v) is 24.9. The van der Waals surface area contributed by atoms with Gasteiger partial charge in [0.05, 0.1) is 30.3 Å². The van der Waals surface area contributed by atoms with Crippen molar-refractivity contribution in [1.29, 1.82) is 0 Å². The minimum Gasteiger partial charge on any atom is -0.492 e. The summed E-state index contributed by atoms with van der Waals surface area (Å²) in [7, 11) is 0. The Morgan fingerprint density at radius 1 is 1.05 bits per heavy atom. The van der Waals surface area contributed by atoms with Crippen LogP contribution >= 0.6 is 11.6 Å². The van der Waals surface area contributed by atoms with E-state index < -0.39 is 11.9 Å². The van der Waals surface area contributed by atoms with E-state index in [-0.39, 0.29) is 17.7 Å². The van der Waals surface area contributed by atoms with Gasteiger partial charge in [-0.1, -0.05) is 47.1 Å². The van der Waals surface area contributed by atoms with Crippen LogP contribution in [-0.4, -0.2) is 76.4 Å². The van der Waals surface area contributed by atoms with Crippen LogP contribution in [0.1, 0.15) is 47.3 Å². The fraction of sp³-hybridized carbons (Fsp3) is 0.452. The van der Waals surface area contributed by atoms with E-state index in [1.165, 1.54) is 0 Å². The first-order valence-electron chi connectivity index (χ1n) is 14.9. The molecule has 3 aliphatic rings. The van der Waals surface area contributed by atoms with E-state index >= 15 is 0 Å². The van der Waals surface area contributed by atoms with Crippen molar-refractivity contribution in [3.63, 3.8) is 0 Å². The van der Waals surface area contributed by atoms with Crippen molar-refractivity contribution in [3.05, 3.63) is 76.6 Å². The number of aromatic nitrogens is 3. The van der Waals surface area contributed by atoms with E-state index in [9.17, 15) is 14.4 Å². The van der Waals surface area contributed by atoms with E-state index in [2.05, 4.69) is 26.3 Å². The lowest BCUT2D eigenvalue weighted by atomic mass is 9.98. The highest BCUT2D eigenvalue weighted by Gasteiger charge is 2.27. The maximum Gasteiger partial charge on any atom is 0.251 e. The van der Waals surface area contributed by atoms with E-state index in [4.69, 9.17) is 16.3 Å². The maximum atomic E-state index is 13.5. The lowest BCUT2D eigenvalue weighted by molar-refractivity contribution is -0.136. The largest absolute Gasteiger partial charge is 0.492 e. The molecule has 6 rings (SSSR count). The Kier molecular flexibility index (Phi) is 10.6. The fourth-order valence-corrected chi connectivity index (χ4v) is 5.61. The summed E-state index contributed by atoms with van der Waals surface area (Å²) in [5.74, 6) is -0.250. The Balaban J connectivity index is 1.34. The standard InChI is InChI=1S/C31H38ClN7O4/c32-26-18-23-10-11-28(26)43-16-6-15-39-21-25(36-37-39)20-38(31(42)24-9-4-12-33-19-24)14-5-13-34-30(41)27(35-29(23)40)17-22-7-2-1-3-8-22/h1-3,7-8,10-11,18,21,24,27,33H,4-6,9,12-17,19-20H2,(H,34,41)(H,35,40)/t24-,27+/m1/s1. The fourth-order valence-electron chi connectivity index (χ4n) is 5.38. The Morgan fingerprint density at radius 2 is 1.91 bits per heavy atom. The zero-order chi connectivity index (χ0) is 30.0. The van der Waals surface area contributed by atoms with Gasteiger partial charge in [-0.3, -0.25) is 19.1 Å². The third kappa shape index (κ3) is 8.55. The number of fused-ring (bicyclic) bond motifs is 14. The van der Waals surface area contributed by atoms with E-state index in [1.54, 1.807) is 22.9 Å². The quantitative estimate of drug-likeness (QED) is 0.417. The lowest BCUT2D eigenvalue weighted by Gasteiger charge is -2.29. The van der Waals surface area contributed by atoms with Gasteiger partial charge >= 0.3 is 0 Å². The minimum atomic E-state index is -0.806. The van der Waals surface area contributed by atoms with Gasteiger partial charge in [0.2, 0.25) is 11.8 Å². The molecule has 0 radical (unpaired) electrons. The van der Waals surface area contributed by atoms with Crippen molar-refractivity contribution < 1.29 is 19.1 Å². The highest BCUT2D eigenvalue weighted by molar-refractivity contribution is 6.32. The molecule has 0 saturated carbocycles. The number of hydrogen-bond donors (Lipinski definition) is 3. The number of hydrogen-bond acceptors (Lipinski definition) is 7. The van der Waals surface area contributed by atoms with Gasteiger partial charge in [-0.2, -0.15) is 0 Å². The molecule has 0 aliphatic carbocycles. The summed E-state index contributed by atoms with van der Waals surface area (Å²) >= 11 is 6.44. The molecule has 1 fully saturated rings. The molecule has 3 aromatic rings. The number of nitrogens with one attached hydrogen (secondary N) is 3. The molecule has 1 aromatic heterocycles. The zero-order valence-electron chi connectivity index (χ0n) is 24.1. The number of carbonyl (C=O) groups excluding carboxylic acids is 3. The molecule has 11 nitrogen and oxygen atoms in total. The van der Waals surface area contributed by atoms with Crippen molar-refractivity contribution >= 4 is 29.3 Å². The molecule has 3 N–H and O–H groups in total. The number of ether oxygens (including phenoxy) is 1. The molecule has 2 atom stereocenters. The topological polar surface area (TPSA) is 130 Å². The number of amides is 3. The first-order valence-corrected chi connectivity index (χ1v) is 15.3. The number of rotatable bonds is 3. The number of piperidine rings is 1. The molecule has 4 heterocycles. The second kappa shape index (κ2) is 15.0. The Labute approximate surface area is 256 Å². The van der Waals surface area contributed by atoms with Crippen LogP contribution in [0.15, 0.2) is 54.7 Å². The van der Waals surface area contributed by atoms with Crippen molar-refractivity contribution in [2.75, 3.05) is 32.8 Å². The molecule has 0 spiro atoms. The van der Waals surface area contributed by atoms with Crippen LogP contribution < -0.4 is 20.7 Å². The van der Waals surface area contributed by atoms with Gasteiger partial charge in [0.15, 0.2) is 0 Å². The van der Waals surface area contributed by atoms with Crippen LogP contribution in [0.3, 0.4) is 0 Å². The van der Waals surface area contributed by atoms with Crippen LogP contribution in [0.25, 0.3) is 0 Å². The van der Waals surface area contributed by atoms with Crippen LogP contribution in [0.2, 0.25) is 5.02 Å². The summed E-state index contributed by atoms with van der Waals surface area (Å²) in [5, 5.41) is 18.0. The Bertz CT molecular complexity index is 1390. The Hall–Kier alpha value is -3.96. The molecule has 12 heteroatoms. The predicted octanol–water partition coefficient (Wildman–Crippen LogP) is 2.59. The second-order valence-electron chi connectivity index (χ2n) is 11.0. The highest BCUT2D eigenvalue weighted by atomic mass is 35.5. The molecular formula is C31H38ClN7O4. The van der Waals surface area contributed by atoms with E-state index in [1.807, 2.05) is 41.4 Å².